The normalized spacial score (nSPS) is 10.2. The Hall–Kier alpha value is -2.89. The van der Waals surface area contributed by atoms with Gasteiger partial charge in [-0.3, -0.25) is 14.4 Å². The quantitative estimate of drug-likeness (QED) is 0.676. The van der Waals surface area contributed by atoms with Crippen LogP contribution in [0.25, 0.3) is 0 Å². The molecular formula is C17H18N2O4. The first kappa shape index (κ1) is 16.5. The van der Waals surface area contributed by atoms with Gasteiger partial charge in [0.05, 0.1) is 19.2 Å². The van der Waals surface area contributed by atoms with Gasteiger partial charge in [-0.2, -0.15) is 0 Å². The summed E-state index contributed by atoms with van der Waals surface area (Å²) in [6.45, 7) is 1.42. The van der Waals surface area contributed by atoms with Crippen LogP contribution in [0.5, 0.6) is 0 Å². The molecule has 2 rings (SSSR count). The van der Waals surface area contributed by atoms with Crippen molar-refractivity contribution < 1.29 is 19.1 Å². The summed E-state index contributed by atoms with van der Waals surface area (Å²) < 4.78 is 6.32. The van der Waals surface area contributed by atoms with Gasteiger partial charge in [0.25, 0.3) is 0 Å². The van der Waals surface area contributed by atoms with E-state index in [-0.39, 0.29) is 24.1 Å². The lowest BCUT2D eigenvalue weighted by Crippen LogP contribution is -2.12. The average molecular weight is 314 g/mol. The van der Waals surface area contributed by atoms with Gasteiger partial charge in [-0.25, -0.2) is 0 Å². The molecule has 0 bridgehead atoms. The topological polar surface area (TPSA) is 77.4 Å². The summed E-state index contributed by atoms with van der Waals surface area (Å²) in [6, 6.07) is 10.1. The third-order valence-corrected chi connectivity index (χ3v) is 3.48. The summed E-state index contributed by atoms with van der Waals surface area (Å²) in [5.74, 6) is -0.679. The SMILES string of the molecule is COC(=O)Cc1ccc(C(=O)c2ccc(NC(C)=O)cc2)n1C. The van der Waals surface area contributed by atoms with Crippen LogP contribution in [0, 0.1) is 0 Å². The molecule has 6 heteroatoms. The molecule has 1 aromatic carbocycles. The molecule has 2 aromatic rings. The molecule has 1 heterocycles. The number of nitrogens with one attached hydrogen (secondary N) is 1. The van der Waals surface area contributed by atoms with E-state index in [1.807, 2.05) is 0 Å². The van der Waals surface area contributed by atoms with Crippen molar-refractivity contribution in [3.8, 4) is 0 Å². The molecule has 0 atom stereocenters. The average Bonchev–Trinajstić information content (AvgIpc) is 2.87. The summed E-state index contributed by atoms with van der Waals surface area (Å²) in [6.07, 6.45) is 0.113. The van der Waals surface area contributed by atoms with Gasteiger partial charge in [-0.15, -0.1) is 0 Å². The zero-order valence-electron chi connectivity index (χ0n) is 13.3. The lowest BCUT2D eigenvalue weighted by atomic mass is 10.1. The monoisotopic (exact) mass is 314 g/mol. The number of ether oxygens (including phenoxy) is 1. The second-order valence-electron chi connectivity index (χ2n) is 5.11. The van der Waals surface area contributed by atoms with Crippen molar-refractivity contribution in [1.82, 2.24) is 4.57 Å². The number of amides is 1. The highest BCUT2D eigenvalue weighted by molar-refractivity contribution is 6.08. The van der Waals surface area contributed by atoms with Gasteiger partial charge in [-0.05, 0) is 36.4 Å². The summed E-state index contributed by atoms with van der Waals surface area (Å²) >= 11 is 0. The second kappa shape index (κ2) is 6.91. The maximum absolute atomic E-state index is 12.5. The zero-order chi connectivity index (χ0) is 17.0. The molecule has 0 spiro atoms. The Morgan fingerprint density at radius 2 is 1.74 bits per heavy atom. The number of anilines is 1. The number of ketones is 1. The third-order valence-electron chi connectivity index (χ3n) is 3.48. The molecular weight excluding hydrogens is 296 g/mol. The van der Waals surface area contributed by atoms with E-state index in [9.17, 15) is 14.4 Å². The van der Waals surface area contributed by atoms with Crippen molar-refractivity contribution in [2.75, 3.05) is 12.4 Å². The van der Waals surface area contributed by atoms with Crippen molar-refractivity contribution in [2.45, 2.75) is 13.3 Å². The molecule has 0 saturated heterocycles. The van der Waals surface area contributed by atoms with Crippen LogP contribution >= 0.6 is 0 Å². The van der Waals surface area contributed by atoms with Crippen LogP contribution < -0.4 is 5.32 Å². The fourth-order valence-electron chi connectivity index (χ4n) is 2.24. The summed E-state index contributed by atoms with van der Waals surface area (Å²) in [7, 11) is 3.06. The van der Waals surface area contributed by atoms with E-state index in [2.05, 4.69) is 10.1 Å². The minimum atomic E-state index is -0.357. The molecule has 0 radical (unpaired) electrons. The molecule has 1 aromatic heterocycles. The third kappa shape index (κ3) is 3.85. The van der Waals surface area contributed by atoms with Crippen LogP contribution in [-0.2, 0) is 27.8 Å². The highest BCUT2D eigenvalue weighted by Crippen LogP contribution is 2.16. The molecule has 6 nitrogen and oxygen atoms in total. The Bertz CT molecular complexity index is 744. The predicted molar refractivity (Wildman–Crippen MR) is 85.3 cm³/mol. The number of benzene rings is 1. The van der Waals surface area contributed by atoms with Crippen molar-refractivity contribution in [1.29, 1.82) is 0 Å². The molecule has 0 unspecified atom stereocenters. The molecule has 1 N–H and O–H groups in total. The zero-order valence-corrected chi connectivity index (χ0v) is 13.3. The van der Waals surface area contributed by atoms with Crippen molar-refractivity contribution in [3.05, 3.63) is 53.3 Å². The van der Waals surface area contributed by atoms with Gasteiger partial charge in [0.15, 0.2) is 0 Å². The molecule has 0 aliphatic rings. The first-order chi connectivity index (χ1) is 10.9. The van der Waals surface area contributed by atoms with Crippen molar-refractivity contribution in [3.63, 3.8) is 0 Å². The lowest BCUT2D eigenvalue weighted by molar-refractivity contribution is -0.139. The molecule has 23 heavy (non-hydrogen) atoms. The molecule has 1 amide bonds. The maximum Gasteiger partial charge on any atom is 0.311 e. The number of esters is 1. The molecule has 0 aliphatic carbocycles. The summed E-state index contributed by atoms with van der Waals surface area (Å²) in [5, 5.41) is 2.65. The highest BCUT2D eigenvalue weighted by Gasteiger charge is 2.16. The van der Waals surface area contributed by atoms with Crippen LogP contribution in [0.4, 0.5) is 5.69 Å². The van der Waals surface area contributed by atoms with Crippen LogP contribution in [0.1, 0.15) is 28.7 Å². The van der Waals surface area contributed by atoms with Gasteiger partial charge in [0.1, 0.15) is 0 Å². The number of nitrogens with zero attached hydrogens (tertiary/aromatic N) is 1. The Morgan fingerprint density at radius 1 is 1.09 bits per heavy atom. The van der Waals surface area contributed by atoms with Crippen LogP contribution in [0.15, 0.2) is 36.4 Å². The maximum atomic E-state index is 12.5. The largest absolute Gasteiger partial charge is 0.469 e. The number of rotatable bonds is 5. The van der Waals surface area contributed by atoms with E-state index >= 15 is 0 Å². The van der Waals surface area contributed by atoms with Crippen LogP contribution in [0.2, 0.25) is 0 Å². The summed E-state index contributed by atoms with van der Waals surface area (Å²) in [5.41, 5.74) is 2.32. The van der Waals surface area contributed by atoms with E-state index in [1.54, 1.807) is 48.0 Å². The fourth-order valence-corrected chi connectivity index (χ4v) is 2.24. The fraction of sp³-hybridized carbons (Fsp3) is 0.235. The molecule has 0 saturated carbocycles. The Balaban J connectivity index is 2.20. The van der Waals surface area contributed by atoms with Gasteiger partial charge in [0, 0.05) is 30.9 Å². The Kier molecular flexibility index (Phi) is 4.95. The van der Waals surface area contributed by atoms with E-state index in [0.29, 0.717) is 22.6 Å². The Morgan fingerprint density at radius 3 is 2.30 bits per heavy atom. The van der Waals surface area contributed by atoms with E-state index in [4.69, 9.17) is 0 Å². The van der Waals surface area contributed by atoms with Gasteiger partial charge >= 0.3 is 5.97 Å². The van der Waals surface area contributed by atoms with Gasteiger partial charge in [-0.1, -0.05) is 0 Å². The number of carbonyl (C=O) groups excluding carboxylic acids is 3. The number of methoxy groups -OCH3 is 1. The van der Waals surface area contributed by atoms with E-state index in [0.717, 1.165) is 0 Å². The van der Waals surface area contributed by atoms with Crippen LogP contribution in [0.3, 0.4) is 0 Å². The lowest BCUT2D eigenvalue weighted by Gasteiger charge is -2.07. The van der Waals surface area contributed by atoms with Gasteiger partial charge in [0.2, 0.25) is 11.7 Å². The molecule has 0 fully saturated rings. The predicted octanol–water partition coefficient (Wildman–Crippen LogP) is 1.93. The number of hydrogen-bond donors (Lipinski definition) is 1. The molecule has 0 aliphatic heterocycles. The number of hydrogen-bond acceptors (Lipinski definition) is 4. The summed E-state index contributed by atoms with van der Waals surface area (Å²) in [4.78, 5) is 34.9. The first-order valence-electron chi connectivity index (χ1n) is 7.06. The molecule has 120 valence electrons. The van der Waals surface area contributed by atoms with Crippen molar-refractivity contribution >= 4 is 23.3 Å². The van der Waals surface area contributed by atoms with Crippen molar-refractivity contribution in [2.24, 2.45) is 7.05 Å². The van der Waals surface area contributed by atoms with Crippen LogP contribution in [-0.4, -0.2) is 29.3 Å². The first-order valence-corrected chi connectivity index (χ1v) is 7.06. The number of carbonyl (C=O) groups is 3. The Labute approximate surface area is 134 Å². The minimum Gasteiger partial charge on any atom is -0.469 e. The van der Waals surface area contributed by atoms with Gasteiger partial charge < -0.3 is 14.6 Å². The van der Waals surface area contributed by atoms with E-state index < -0.39 is 0 Å². The second-order valence-corrected chi connectivity index (χ2v) is 5.11. The number of aromatic nitrogens is 1. The smallest absolute Gasteiger partial charge is 0.311 e. The standard InChI is InChI=1S/C17H18N2O4/c1-11(20)18-13-6-4-12(5-7-13)17(22)15-9-8-14(19(15)2)10-16(21)23-3/h4-9H,10H2,1-3H3,(H,18,20). The van der Waals surface area contributed by atoms with E-state index in [1.165, 1.54) is 14.0 Å². The minimum absolute atomic E-state index is 0.113. The highest BCUT2D eigenvalue weighted by atomic mass is 16.5.